The van der Waals surface area contributed by atoms with Gasteiger partial charge in [0.2, 0.25) is 10.0 Å². The summed E-state index contributed by atoms with van der Waals surface area (Å²) in [5.41, 5.74) is 2.91. The molecule has 0 radical (unpaired) electrons. The Hall–Kier alpha value is -2.17. The topological polar surface area (TPSA) is 60.9 Å². The van der Waals surface area contributed by atoms with E-state index in [-0.39, 0.29) is 24.6 Å². The van der Waals surface area contributed by atoms with Crippen molar-refractivity contribution >= 4 is 10.0 Å². The molecule has 5 nitrogen and oxygen atoms in total. The second-order valence-corrected chi connectivity index (χ2v) is 11.0. The van der Waals surface area contributed by atoms with E-state index < -0.39 is 10.0 Å². The molecule has 1 N–H and O–H groups in total. The average Bonchev–Trinajstić information content (AvgIpc) is 2.79. The summed E-state index contributed by atoms with van der Waals surface area (Å²) in [6.45, 7) is 5.91. The standard InChI is InChI=1S/C27H34N2O3S/c1-3-4-5-11-22-13-15-23(16-14-22)27-24-19-28(17-8-9-18-29(24)25(27)20-30)33(31,32)26-12-7-6-10-21(26)2/h6-7,10,12-16,24-25,27,30H,3-4,8-9,17-20H2,1-2H3/t24-,25+,27-/m1/s1. The highest BCUT2D eigenvalue weighted by Gasteiger charge is 2.50. The number of nitrogens with zero attached hydrogens (tertiary/aromatic N) is 2. The van der Waals surface area contributed by atoms with Crippen LogP contribution in [0.4, 0.5) is 0 Å². The molecule has 176 valence electrons. The summed E-state index contributed by atoms with van der Waals surface area (Å²) < 4.78 is 28.8. The summed E-state index contributed by atoms with van der Waals surface area (Å²) in [7, 11) is -3.58. The Morgan fingerprint density at radius 2 is 1.79 bits per heavy atom. The minimum Gasteiger partial charge on any atom is -0.395 e. The number of benzene rings is 2. The molecule has 6 heteroatoms. The van der Waals surface area contributed by atoms with Crippen molar-refractivity contribution in [2.75, 3.05) is 26.2 Å². The van der Waals surface area contributed by atoms with E-state index in [1.165, 1.54) is 0 Å². The molecule has 0 bridgehead atoms. The van der Waals surface area contributed by atoms with E-state index in [4.69, 9.17) is 0 Å². The summed E-state index contributed by atoms with van der Waals surface area (Å²) in [6.07, 6.45) is 3.68. The molecule has 2 aliphatic heterocycles. The van der Waals surface area contributed by atoms with Crippen molar-refractivity contribution in [3.63, 3.8) is 0 Å². The molecular formula is C27H34N2O3S. The highest BCUT2D eigenvalue weighted by molar-refractivity contribution is 7.89. The van der Waals surface area contributed by atoms with Crippen LogP contribution < -0.4 is 0 Å². The van der Waals surface area contributed by atoms with Crippen LogP contribution in [0.25, 0.3) is 0 Å². The van der Waals surface area contributed by atoms with E-state index in [1.54, 1.807) is 16.4 Å². The minimum absolute atomic E-state index is 0.0214. The van der Waals surface area contributed by atoms with E-state index in [2.05, 4.69) is 35.8 Å². The van der Waals surface area contributed by atoms with Gasteiger partial charge in [0.25, 0.3) is 0 Å². The Kier molecular flexibility index (Phi) is 7.55. The van der Waals surface area contributed by atoms with Gasteiger partial charge >= 0.3 is 0 Å². The van der Waals surface area contributed by atoms with Gasteiger partial charge in [0.1, 0.15) is 0 Å². The van der Waals surface area contributed by atoms with E-state index in [0.717, 1.165) is 48.9 Å². The molecule has 0 spiro atoms. The normalized spacial score (nSPS) is 24.0. The second-order valence-electron chi connectivity index (χ2n) is 9.09. The lowest BCUT2D eigenvalue weighted by Crippen LogP contribution is -2.67. The number of fused-ring (bicyclic) bond motifs is 1. The zero-order chi connectivity index (χ0) is 23.4. The zero-order valence-electron chi connectivity index (χ0n) is 19.6. The molecule has 0 aliphatic carbocycles. The van der Waals surface area contributed by atoms with Gasteiger partial charge in [-0.1, -0.05) is 49.1 Å². The van der Waals surface area contributed by atoms with Gasteiger partial charge in [-0.3, -0.25) is 4.90 Å². The Balaban J connectivity index is 1.60. The van der Waals surface area contributed by atoms with E-state index in [9.17, 15) is 13.5 Å². The average molecular weight is 467 g/mol. The lowest BCUT2D eigenvalue weighted by atomic mass is 9.74. The Morgan fingerprint density at radius 1 is 1.06 bits per heavy atom. The SMILES string of the molecule is CCCC#Cc1ccc([C@@H]2[C@H]3CN(S(=O)(=O)c4ccccc4C)CCCCN3[C@H]2CO)cc1. The first-order valence-corrected chi connectivity index (χ1v) is 13.4. The van der Waals surface area contributed by atoms with Crippen molar-refractivity contribution in [1.29, 1.82) is 0 Å². The Bertz CT molecular complexity index is 1120. The molecule has 0 unspecified atom stereocenters. The maximum Gasteiger partial charge on any atom is 0.243 e. The zero-order valence-corrected chi connectivity index (χ0v) is 20.4. The second kappa shape index (κ2) is 10.4. The van der Waals surface area contributed by atoms with Gasteiger partial charge in [-0.05, 0) is 62.1 Å². The van der Waals surface area contributed by atoms with Crippen LogP contribution in [0.1, 0.15) is 55.2 Å². The maximum absolute atomic E-state index is 13.6. The Labute approximate surface area is 198 Å². The molecule has 0 aromatic heterocycles. The summed E-state index contributed by atoms with van der Waals surface area (Å²) >= 11 is 0. The number of hydrogen-bond acceptors (Lipinski definition) is 4. The van der Waals surface area contributed by atoms with Crippen molar-refractivity contribution in [3.8, 4) is 11.8 Å². The third-order valence-electron chi connectivity index (χ3n) is 6.95. The number of rotatable bonds is 5. The van der Waals surface area contributed by atoms with Crippen LogP contribution in [0.3, 0.4) is 0 Å². The number of hydrogen-bond donors (Lipinski definition) is 1. The predicted octanol–water partition coefficient (Wildman–Crippen LogP) is 3.76. The number of sulfonamides is 1. The molecule has 0 saturated carbocycles. The van der Waals surface area contributed by atoms with Crippen LogP contribution in [0.5, 0.6) is 0 Å². The number of aliphatic hydroxyl groups is 1. The van der Waals surface area contributed by atoms with Gasteiger partial charge in [-0.15, -0.1) is 0 Å². The van der Waals surface area contributed by atoms with Gasteiger partial charge < -0.3 is 5.11 Å². The molecule has 33 heavy (non-hydrogen) atoms. The third-order valence-corrected chi connectivity index (χ3v) is 8.97. The van der Waals surface area contributed by atoms with Gasteiger partial charge in [-0.2, -0.15) is 4.31 Å². The van der Waals surface area contributed by atoms with Crippen molar-refractivity contribution in [2.45, 2.75) is 62.4 Å². The van der Waals surface area contributed by atoms with Crippen LogP contribution in [0, 0.1) is 18.8 Å². The fourth-order valence-electron chi connectivity index (χ4n) is 5.19. The first-order chi connectivity index (χ1) is 16.0. The third kappa shape index (κ3) is 4.88. The van der Waals surface area contributed by atoms with Gasteiger partial charge in [0, 0.05) is 43.1 Å². The molecule has 4 rings (SSSR count). The van der Waals surface area contributed by atoms with Crippen molar-refractivity contribution in [3.05, 3.63) is 65.2 Å². The molecule has 2 saturated heterocycles. The van der Waals surface area contributed by atoms with Crippen LogP contribution in [0.2, 0.25) is 0 Å². The summed E-state index contributed by atoms with van der Waals surface area (Å²) in [5.74, 6) is 6.48. The number of unbranched alkanes of at least 4 members (excludes halogenated alkanes) is 1. The molecule has 0 amide bonds. The van der Waals surface area contributed by atoms with Gasteiger partial charge in [-0.25, -0.2) is 8.42 Å². The fraction of sp³-hybridized carbons (Fsp3) is 0.481. The van der Waals surface area contributed by atoms with Gasteiger partial charge in [0.05, 0.1) is 11.5 Å². The summed E-state index contributed by atoms with van der Waals surface area (Å²) in [6, 6.07) is 15.6. The molecule has 2 heterocycles. The first kappa shape index (κ1) is 24.0. The first-order valence-electron chi connectivity index (χ1n) is 12.0. The van der Waals surface area contributed by atoms with E-state index in [1.807, 2.05) is 31.2 Å². The van der Waals surface area contributed by atoms with Crippen LogP contribution in [-0.4, -0.2) is 61.1 Å². The van der Waals surface area contributed by atoms with Gasteiger partial charge in [0.15, 0.2) is 0 Å². The molecule has 2 aromatic carbocycles. The van der Waals surface area contributed by atoms with Crippen LogP contribution in [-0.2, 0) is 10.0 Å². The fourth-order valence-corrected chi connectivity index (χ4v) is 6.91. The number of aryl methyl sites for hydroxylation is 1. The molecule has 2 fully saturated rings. The lowest BCUT2D eigenvalue weighted by Gasteiger charge is -2.57. The quantitative estimate of drug-likeness (QED) is 0.682. The highest BCUT2D eigenvalue weighted by atomic mass is 32.2. The smallest absolute Gasteiger partial charge is 0.243 e. The van der Waals surface area contributed by atoms with Crippen LogP contribution in [0.15, 0.2) is 53.4 Å². The Morgan fingerprint density at radius 3 is 2.48 bits per heavy atom. The summed E-state index contributed by atoms with van der Waals surface area (Å²) in [5, 5.41) is 10.2. The maximum atomic E-state index is 13.6. The monoisotopic (exact) mass is 466 g/mol. The molecule has 2 aliphatic rings. The predicted molar refractivity (Wildman–Crippen MR) is 132 cm³/mol. The van der Waals surface area contributed by atoms with Crippen molar-refractivity contribution < 1.29 is 13.5 Å². The molecule has 3 atom stereocenters. The van der Waals surface area contributed by atoms with Crippen molar-refractivity contribution in [2.24, 2.45) is 0 Å². The highest BCUT2D eigenvalue weighted by Crippen LogP contribution is 2.42. The molecular weight excluding hydrogens is 432 g/mol. The largest absolute Gasteiger partial charge is 0.395 e. The van der Waals surface area contributed by atoms with Crippen LogP contribution >= 0.6 is 0 Å². The lowest BCUT2D eigenvalue weighted by molar-refractivity contribution is -0.0553. The summed E-state index contributed by atoms with van der Waals surface area (Å²) in [4.78, 5) is 2.70. The van der Waals surface area contributed by atoms with E-state index >= 15 is 0 Å². The molecule has 2 aromatic rings. The van der Waals surface area contributed by atoms with Crippen molar-refractivity contribution in [1.82, 2.24) is 9.21 Å². The minimum atomic E-state index is -3.58. The van der Waals surface area contributed by atoms with E-state index in [0.29, 0.717) is 18.0 Å². The number of aliphatic hydroxyl groups excluding tert-OH is 1.